The van der Waals surface area contributed by atoms with Gasteiger partial charge in [0.1, 0.15) is 0 Å². The Morgan fingerprint density at radius 2 is 1.86 bits per heavy atom. The van der Waals surface area contributed by atoms with E-state index in [1.165, 1.54) is 0 Å². The molecular weight excluding hydrogens is 180 g/mol. The van der Waals surface area contributed by atoms with Gasteiger partial charge < -0.3 is 0 Å². The van der Waals surface area contributed by atoms with Gasteiger partial charge in [0.2, 0.25) is 0 Å². The molecule has 0 saturated heterocycles. The third kappa shape index (κ3) is 2.32. The topological polar surface area (TPSA) is 58.9 Å². The van der Waals surface area contributed by atoms with Crippen LogP contribution in [0, 0.1) is 0 Å². The lowest BCUT2D eigenvalue weighted by atomic mass is 10.2. The molecular formula is C10H12N2O2. The molecule has 2 rings (SSSR count). The van der Waals surface area contributed by atoms with Gasteiger partial charge >= 0.3 is 5.76 Å². The van der Waals surface area contributed by atoms with Crippen LogP contribution < -0.4 is 5.76 Å². The number of aromatic amines is 1. The van der Waals surface area contributed by atoms with E-state index in [1.807, 2.05) is 44.2 Å². The number of hydrogen-bond acceptors (Lipinski definition) is 3. The molecule has 1 aromatic carbocycles. The maximum atomic E-state index is 10.6. The Hall–Kier alpha value is -1.84. The van der Waals surface area contributed by atoms with E-state index in [9.17, 15) is 4.79 Å². The molecule has 0 spiro atoms. The van der Waals surface area contributed by atoms with Gasteiger partial charge in [-0.15, -0.1) is 0 Å². The van der Waals surface area contributed by atoms with Crippen molar-refractivity contribution < 1.29 is 4.52 Å². The highest BCUT2D eigenvalue weighted by atomic mass is 16.5. The largest absolute Gasteiger partial charge is 0.439 e. The molecule has 1 aromatic heterocycles. The van der Waals surface area contributed by atoms with E-state index < -0.39 is 5.76 Å². The average Bonchev–Trinajstić information content (AvgIpc) is 2.69. The molecule has 4 heteroatoms. The molecule has 0 bridgehead atoms. The minimum Gasteiger partial charge on any atom is -0.296 e. The third-order valence-corrected chi connectivity index (χ3v) is 1.49. The molecule has 74 valence electrons. The van der Waals surface area contributed by atoms with Crippen LogP contribution in [0.1, 0.15) is 13.8 Å². The fraction of sp³-hybridized carbons (Fsp3) is 0.200. The minimum absolute atomic E-state index is 0.459. The second-order valence-corrected chi connectivity index (χ2v) is 2.31. The molecule has 4 nitrogen and oxygen atoms in total. The Bertz CT molecular complexity index is 417. The van der Waals surface area contributed by atoms with Crippen LogP contribution in [-0.2, 0) is 0 Å². The number of aromatic nitrogens is 2. The van der Waals surface area contributed by atoms with E-state index in [4.69, 9.17) is 0 Å². The fourth-order valence-corrected chi connectivity index (χ4v) is 0.950. The van der Waals surface area contributed by atoms with Crippen molar-refractivity contribution in [3.05, 3.63) is 40.9 Å². The summed E-state index contributed by atoms with van der Waals surface area (Å²) >= 11 is 0. The van der Waals surface area contributed by atoms with Crippen LogP contribution in [0.15, 0.2) is 39.6 Å². The Labute approximate surface area is 81.6 Å². The van der Waals surface area contributed by atoms with Gasteiger partial charge in [-0.25, -0.2) is 4.79 Å². The van der Waals surface area contributed by atoms with Crippen molar-refractivity contribution in [1.29, 1.82) is 0 Å². The molecule has 14 heavy (non-hydrogen) atoms. The summed E-state index contributed by atoms with van der Waals surface area (Å²) in [6.07, 6.45) is 0. The number of nitrogens with zero attached hydrogens (tertiary/aromatic N) is 1. The zero-order chi connectivity index (χ0) is 10.4. The predicted octanol–water partition coefficient (Wildman–Crippen LogP) is 2.06. The lowest BCUT2D eigenvalue weighted by Crippen LogP contribution is -1.94. The maximum absolute atomic E-state index is 10.6. The number of benzene rings is 1. The first-order valence-electron chi connectivity index (χ1n) is 4.48. The van der Waals surface area contributed by atoms with E-state index >= 15 is 0 Å². The molecule has 1 N–H and O–H groups in total. The lowest BCUT2D eigenvalue weighted by molar-refractivity contribution is 0.388. The molecule has 0 saturated carbocycles. The zero-order valence-electron chi connectivity index (χ0n) is 8.15. The van der Waals surface area contributed by atoms with Crippen molar-refractivity contribution in [1.82, 2.24) is 10.1 Å². The van der Waals surface area contributed by atoms with E-state index in [1.54, 1.807) is 0 Å². The van der Waals surface area contributed by atoms with Crippen LogP contribution in [0.25, 0.3) is 11.4 Å². The molecule has 0 fully saturated rings. The number of H-pyrrole nitrogens is 1. The van der Waals surface area contributed by atoms with Crippen LogP contribution in [0.5, 0.6) is 0 Å². The number of hydrogen-bond donors (Lipinski definition) is 1. The van der Waals surface area contributed by atoms with Crippen LogP contribution in [0.4, 0.5) is 0 Å². The number of rotatable bonds is 1. The quantitative estimate of drug-likeness (QED) is 0.752. The van der Waals surface area contributed by atoms with Crippen molar-refractivity contribution in [3.63, 3.8) is 0 Å². The van der Waals surface area contributed by atoms with Crippen molar-refractivity contribution in [2.24, 2.45) is 0 Å². The first-order valence-corrected chi connectivity index (χ1v) is 4.48. The highest BCUT2D eigenvalue weighted by Crippen LogP contribution is 2.10. The SMILES string of the molecule is CC.O=c1[nH]c(-c2ccccc2)no1. The Morgan fingerprint density at radius 1 is 1.21 bits per heavy atom. The van der Waals surface area contributed by atoms with Crippen LogP contribution in [0.3, 0.4) is 0 Å². The van der Waals surface area contributed by atoms with E-state index in [0.29, 0.717) is 5.82 Å². The second kappa shape index (κ2) is 5.01. The monoisotopic (exact) mass is 192 g/mol. The van der Waals surface area contributed by atoms with Gasteiger partial charge in [0, 0.05) is 5.56 Å². The molecule has 1 heterocycles. The Balaban J connectivity index is 0.000000461. The predicted molar refractivity (Wildman–Crippen MR) is 53.9 cm³/mol. The van der Waals surface area contributed by atoms with Gasteiger partial charge in [-0.05, 0) is 0 Å². The van der Waals surface area contributed by atoms with Crippen molar-refractivity contribution in [2.45, 2.75) is 13.8 Å². The van der Waals surface area contributed by atoms with E-state index in [-0.39, 0.29) is 0 Å². The van der Waals surface area contributed by atoms with E-state index in [0.717, 1.165) is 5.56 Å². The molecule has 0 aliphatic carbocycles. The normalized spacial score (nSPS) is 9.00. The van der Waals surface area contributed by atoms with Crippen LogP contribution in [-0.4, -0.2) is 10.1 Å². The highest BCUT2D eigenvalue weighted by Gasteiger charge is 2.00. The van der Waals surface area contributed by atoms with Crippen molar-refractivity contribution in [3.8, 4) is 11.4 Å². The molecule has 0 aliphatic heterocycles. The summed E-state index contributed by atoms with van der Waals surface area (Å²) in [6, 6.07) is 9.30. The van der Waals surface area contributed by atoms with Gasteiger partial charge in [-0.3, -0.25) is 9.51 Å². The maximum Gasteiger partial charge on any atom is 0.439 e. The third-order valence-electron chi connectivity index (χ3n) is 1.49. The van der Waals surface area contributed by atoms with Crippen LogP contribution in [0.2, 0.25) is 0 Å². The standard InChI is InChI=1S/C8H6N2O2.C2H6/c11-8-9-7(10-12-8)6-4-2-1-3-5-6;1-2/h1-5H,(H,9,10,11);1-2H3. The van der Waals surface area contributed by atoms with Gasteiger partial charge in [-0.2, -0.15) is 0 Å². The molecule has 0 amide bonds. The second-order valence-electron chi connectivity index (χ2n) is 2.31. The van der Waals surface area contributed by atoms with Crippen molar-refractivity contribution >= 4 is 0 Å². The smallest absolute Gasteiger partial charge is 0.296 e. The molecule has 0 atom stereocenters. The van der Waals surface area contributed by atoms with Gasteiger partial charge in [-0.1, -0.05) is 49.3 Å². The molecule has 2 aromatic rings. The fourth-order valence-electron chi connectivity index (χ4n) is 0.950. The molecule has 0 radical (unpaired) electrons. The first-order chi connectivity index (χ1) is 6.86. The van der Waals surface area contributed by atoms with Gasteiger partial charge in [0.15, 0.2) is 5.82 Å². The summed E-state index contributed by atoms with van der Waals surface area (Å²) in [5, 5.41) is 3.54. The zero-order valence-corrected chi connectivity index (χ0v) is 8.15. The van der Waals surface area contributed by atoms with Gasteiger partial charge in [0.25, 0.3) is 0 Å². The minimum atomic E-state index is -0.533. The Morgan fingerprint density at radius 3 is 2.36 bits per heavy atom. The first kappa shape index (κ1) is 10.2. The summed E-state index contributed by atoms with van der Waals surface area (Å²) in [5.74, 6) is -0.0746. The van der Waals surface area contributed by atoms with E-state index in [2.05, 4.69) is 14.7 Å². The highest BCUT2D eigenvalue weighted by molar-refractivity contribution is 5.52. The Kier molecular flexibility index (Phi) is 3.67. The average molecular weight is 192 g/mol. The molecule has 0 aliphatic rings. The lowest BCUT2D eigenvalue weighted by Gasteiger charge is -1.90. The van der Waals surface area contributed by atoms with Crippen molar-refractivity contribution in [2.75, 3.05) is 0 Å². The summed E-state index contributed by atoms with van der Waals surface area (Å²) in [5.41, 5.74) is 0.836. The number of nitrogens with one attached hydrogen (secondary N) is 1. The molecule has 0 unspecified atom stereocenters. The summed E-state index contributed by atoms with van der Waals surface area (Å²) < 4.78 is 4.36. The summed E-state index contributed by atoms with van der Waals surface area (Å²) in [4.78, 5) is 13.0. The summed E-state index contributed by atoms with van der Waals surface area (Å²) in [6.45, 7) is 4.00. The van der Waals surface area contributed by atoms with Crippen LogP contribution >= 0.6 is 0 Å². The summed E-state index contributed by atoms with van der Waals surface area (Å²) in [7, 11) is 0. The van der Waals surface area contributed by atoms with Gasteiger partial charge in [0.05, 0.1) is 0 Å².